The SMILES string of the molecule is Cc1c[nH]c2cccc(OC[C@@H](O)C[NH2+]C(C)(C)C)c12. The maximum Gasteiger partial charge on any atom is 0.137 e. The molecule has 0 aliphatic heterocycles. The van der Waals surface area contributed by atoms with Crippen LogP contribution >= 0.6 is 0 Å². The van der Waals surface area contributed by atoms with Crippen molar-refractivity contribution in [3.63, 3.8) is 0 Å². The molecule has 0 saturated carbocycles. The van der Waals surface area contributed by atoms with Crippen LogP contribution in [0.2, 0.25) is 0 Å². The van der Waals surface area contributed by atoms with Crippen molar-refractivity contribution in [3.8, 4) is 5.75 Å². The second-order valence-electron chi connectivity index (χ2n) is 6.42. The van der Waals surface area contributed by atoms with E-state index in [0.717, 1.165) is 22.2 Å². The first kappa shape index (κ1) is 14.9. The summed E-state index contributed by atoms with van der Waals surface area (Å²) < 4.78 is 5.80. The van der Waals surface area contributed by atoms with E-state index in [0.29, 0.717) is 13.2 Å². The minimum Gasteiger partial charge on any atom is -0.490 e. The van der Waals surface area contributed by atoms with Crippen molar-refractivity contribution in [1.82, 2.24) is 4.98 Å². The standard InChI is InChI=1S/C16H24N2O2/c1-11-8-17-13-6-5-7-14(15(11)13)20-10-12(19)9-18-16(2,3)4/h5-8,12,17-19H,9-10H2,1-4H3/p+1/t12-/m0/s1. The molecule has 0 saturated heterocycles. The summed E-state index contributed by atoms with van der Waals surface area (Å²) in [5, 5.41) is 13.2. The minimum atomic E-state index is -0.469. The first-order valence-corrected chi connectivity index (χ1v) is 7.09. The number of hydrogen-bond acceptors (Lipinski definition) is 2. The van der Waals surface area contributed by atoms with E-state index >= 15 is 0 Å². The molecular formula is C16H25N2O2+. The lowest BCUT2D eigenvalue weighted by Gasteiger charge is -2.19. The molecule has 1 atom stereocenters. The van der Waals surface area contributed by atoms with E-state index in [1.807, 2.05) is 24.4 Å². The van der Waals surface area contributed by atoms with E-state index in [9.17, 15) is 5.11 Å². The van der Waals surface area contributed by atoms with Gasteiger partial charge in [-0.15, -0.1) is 0 Å². The smallest absolute Gasteiger partial charge is 0.137 e. The van der Waals surface area contributed by atoms with Crippen molar-refractivity contribution in [1.29, 1.82) is 0 Å². The highest BCUT2D eigenvalue weighted by molar-refractivity contribution is 5.89. The molecule has 0 amide bonds. The molecule has 110 valence electrons. The fourth-order valence-corrected chi connectivity index (χ4v) is 2.18. The Balaban J connectivity index is 1.97. The number of fused-ring (bicyclic) bond motifs is 1. The third-order valence-corrected chi connectivity index (χ3v) is 3.30. The van der Waals surface area contributed by atoms with E-state index in [1.165, 1.54) is 0 Å². The summed E-state index contributed by atoms with van der Waals surface area (Å²) in [6.45, 7) is 9.40. The summed E-state index contributed by atoms with van der Waals surface area (Å²) in [5.41, 5.74) is 2.35. The Morgan fingerprint density at radius 1 is 1.35 bits per heavy atom. The summed E-state index contributed by atoms with van der Waals surface area (Å²) in [6.07, 6.45) is 1.50. The van der Waals surface area contributed by atoms with Gasteiger partial charge in [0.25, 0.3) is 0 Å². The molecule has 1 heterocycles. The Hall–Kier alpha value is -1.52. The Kier molecular flexibility index (Phi) is 4.35. The average Bonchev–Trinajstić information content (AvgIpc) is 2.76. The molecule has 0 radical (unpaired) electrons. The summed E-state index contributed by atoms with van der Waals surface area (Å²) in [4.78, 5) is 3.21. The predicted molar refractivity (Wildman–Crippen MR) is 81.1 cm³/mol. The number of rotatable bonds is 5. The predicted octanol–water partition coefficient (Wildman–Crippen LogP) is 1.58. The fourth-order valence-electron chi connectivity index (χ4n) is 2.18. The topological polar surface area (TPSA) is 61.9 Å². The van der Waals surface area contributed by atoms with E-state index in [1.54, 1.807) is 0 Å². The summed E-state index contributed by atoms with van der Waals surface area (Å²) in [7, 11) is 0. The van der Waals surface area contributed by atoms with Crippen LogP contribution in [0.4, 0.5) is 0 Å². The molecule has 0 unspecified atom stereocenters. The number of aromatic amines is 1. The molecule has 20 heavy (non-hydrogen) atoms. The van der Waals surface area contributed by atoms with Gasteiger partial charge in [-0.3, -0.25) is 0 Å². The molecule has 2 aromatic rings. The first-order chi connectivity index (χ1) is 9.37. The lowest BCUT2D eigenvalue weighted by molar-refractivity contribution is -0.722. The Morgan fingerprint density at radius 3 is 2.80 bits per heavy atom. The largest absolute Gasteiger partial charge is 0.490 e. The lowest BCUT2D eigenvalue weighted by atomic mass is 10.1. The number of nitrogens with one attached hydrogen (secondary N) is 1. The average molecular weight is 277 g/mol. The van der Waals surface area contributed by atoms with E-state index < -0.39 is 6.10 Å². The highest BCUT2D eigenvalue weighted by Gasteiger charge is 2.17. The highest BCUT2D eigenvalue weighted by atomic mass is 16.5. The number of H-pyrrole nitrogens is 1. The number of ether oxygens (including phenoxy) is 1. The number of nitrogens with two attached hydrogens (primary N) is 1. The Morgan fingerprint density at radius 2 is 2.10 bits per heavy atom. The van der Waals surface area contributed by atoms with E-state index in [4.69, 9.17) is 4.74 Å². The number of hydrogen-bond donors (Lipinski definition) is 3. The second-order valence-corrected chi connectivity index (χ2v) is 6.42. The molecular weight excluding hydrogens is 252 g/mol. The maximum atomic E-state index is 10.0. The molecule has 1 aromatic heterocycles. The molecule has 0 fully saturated rings. The van der Waals surface area contributed by atoms with Gasteiger partial charge < -0.3 is 20.1 Å². The quantitative estimate of drug-likeness (QED) is 0.777. The van der Waals surface area contributed by atoms with Crippen molar-refractivity contribution in [2.75, 3.05) is 13.2 Å². The van der Waals surface area contributed by atoms with Crippen LogP contribution in [-0.2, 0) is 0 Å². The third-order valence-electron chi connectivity index (χ3n) is 3.30. The maximum absolute atomic E-state index is 10.0. The van der Waals surface area contributed by atoms with Gasteiger partial charge in [-0.2, -0.15) is 0 Å². The van der Waals surface area contributed by atoms with Crippen LogP contribution in [0, 0.1) is 6.92 Å². The molecule has 0 bridgehead atoms. The normalized spacial score (nSPS) is 13.7. The van der Waals surface area contributed by atoms with Crippen LogP contribution in [0.1, 0.15) is 26.3 Å². The van der Waals surface area contributed by atoms with Crippen LogP contribution in [0.5, 0.6) is 5.75 Å². The zero-order chi connectivity index (χ0) is 14.8. The molecule has 0 aliphatic carbocycles. The van der Waals surface area contributed by atoms with Gasteiger partial charge >= 0.3 is 0 Å². The zero-order valence-corrected chi connectivity index (χ0v) is 12.7. The zero-order valence-electron chi connectivity index (χ0n) is 12.7. The fraction of sp³-hybridized carbons (Fsp3) is 0.500. The van der Waals surface area contributed by atoms with Crippen molar-refractivity contribution in [2.45, 2.75) is 39.3 Å². The molecule has 4 heteroatoms. The van der Waals surface area contributed by atoms with E-state index in [-0.39, 0.29) is 5.54 Å². The number of benzene rings is 1. The molecule has 1 aromatic carbocycles. The van der Waals surface area contributed by atoms with Crippen LogP contribution in [-0.4, -0.2) is 34.9 Å². The molecule has 0 spiro atoms. The molecule has 4 N–H and O–H groups in total. The van der Waals surface area contributed by atoms with Crippen LogP contribution < -0.4 is 10.1 Å². The van der Waals surface area contributed by atoms with Crippen molar-refractivity contribution in [2.24, 2.45) is 0 Å². The minimum absolute atomic E-state index is 0.123. The van der Waals surface area contributed by atoms with Crippen LogP contribution in [0.3, 0.4) is 0 Å². The number of aryl methyl sites for hydroxylation is 1. The third kappa shape index (κ3) is 3.74. The van der Waals surface area contributed by atoms with Gasteiger partial charge in [0.05, 0.1) is 5.54 Å². The number of aromatic nitrogens is 1. The highest BCUT2D eigenvalue weighted by Crippen LogP contribution is 2.28. The summed E-state index contributed by atoms with van der Waals surface area (Å²) in [5.74, 6) is 0.830. The lowest BCUT2D eigenvalue weighted by Crippen LogP contribution is -2.96. The van der Waals surface area contributed by atoms with Gasteiger partial charge in [-0.05, 0) is 45.4 Å². The number of aliphatic hydroxyl groups excluding tert-OH is 1. The molecule has 2 rings (SSSR count). The Labute approximate surface area is 120 Å². The monoisotopic (exact) mass is 277 g/mol. The van der Waals surface area contributed by atoms with Gasteiger partial charge in [-0.1, -0.05) is 6.07 Å². The van der Waals surface area contributed by atoms with Crippen LogP contribution in [0.25, 0.3) is 10.9 Å². The molecule has 4 nitrogen and oxygen atoms in total. The van der Waals surface area contributed by atoms with Gasteiger partial charge in [-0.25, -0.2) is 0 Å². The van der Waals surface area contributed by atoms with E-state index in [2.05, 4.69) is 38.0 Å². The summed E-state index contributed by atoms with van der Waals surface area (Å²) >= 11 is 0. The second kappa shape index (κ2) is 5.85. The summed E-state index contributed by atoms with van der Waals surface area (Å²) in [6, 6.07) is 5.93. The number of aliphatic hydroxyl groups is 1. The van der Waals surface area contributed by atoms with Crippen molar-refractivity contribution in [3.05, 3.63) is 30.0 Å². The van der Waals surface area contributed by atoms with Crippen molar-refractivity contribution >= 4 is 10.9 Å². The van der Waals surface area contributed by atoms with Gasteiger partial charge in [0.1, 0.15) is 25.0 Å². The Bertz CT molecular complexity index is 569. The van der Waals surface area contributed by atoms with Crippen molar-refractivity contribution < 1.29 is 15.2 Å². The van der Waals surface area contributed by atoms with Gasteiger partial charge in [0.2, 0.25) is 0 Å². The number of quaternary nitrogens is 1. The molecule has 0 aliphatic rings. The van der Waals surface area contributed by atoms with Crippen LogP contribution in [0.15, 0.2) is 24.4 Å². The van der Waals surface area contributed by atoms with Gasteiger partial charge in [0.15, 0.2) is 0 Å². The van der Waals surface area contributed by atoms with Gasteiger partial charge in [0, 0.05) is 17.1 Å². The first-order valence-electron chi connectivity index (χ1n) is 7.09.